The number of aryl methyl sites for hydroxylation is 1. The van der Waals surface area contributed by atoms with Crippen molar-refractivity contribution in [3.8, 4) is 5.75 Å². The Kier molecular flexibility index (Phi) is 3.61. The molecule has 88 valence electrons. The van der Waals surface area contributed by atoms with Gasteiger partial charge in [0, 0.05) is 5.56 Å². The predicted octanol–water partition coefficient (Wildman–Crippen LogP) is 2.58. The lowest BCUT2D eigenvalue weighted by atomic mass is 9.91. The number of carbonyl (C=O) groups is 1. The molecule has 0 spiro atoms. The third-order valence-electron chi connectivity index (χ3n) is 2.33. The molecule has 1 aromatic carbocycles. The van der Waals surface area contributed by atoms with Gasteiger partial charge in [-0.2, -0.15) is 0 Å². The van der Waals surface area contributed by atoms with Gasteiger partial charge in [0.1, 0.15) is 5.75 Å². The maximum atomic E-state index is 12.0. The number of rotatable bonds is 3. The normalized spacial score (nSPS) is 11.4. The number of methoxy groups -OCH3 is 1. The fourth-order valence-electron chi connectivity index (χ4n) is 1.40. The van der Waals surface area contributed by atoms with Gasteiger partial charge in [0.05, 0.1) is 17.7 Å². The van der Waals surface area contributed by atoms with Crippen molar-refractivity contribution in [2.75, 3.05) is 7.11 Å². The molecule has 0 atom stereocenters. The Balaban J connectivity index is 3.27. The van der Waals surface area contributed by atoms with Crippen LogP contribution in [0.3, 0.4) is 0 Å². The summed E-state index contributed by atoms with van der Waals surface area (Å²) in [5.74, 6) is 0.431. The van der Waals surface area contributed by atoms with Crippen LogP contribution in [-0.2, 0) is 0 Å². The van der Waals surface area contributed by atoms with Crippen molar-refractivity contribution >= 4 is 17.4 Å². The summed E-state index contributed by atoms with van der Waals surface area (Å²) in [5.41, 5.74) is 6.23. The summed E-state index contributed by atoms with van der Waals surface area (Å²) in [5, 5.41) is 0.417. The quantitative estimate of drug-likeness (QED) is 0.828. The Morgan fingerprint density at radius 1 is 1.44 bits per heavy atom. The van der Waals surface area contributed by atoms with Crippen LogP contribution in [0.5, 0.6) is 5.75 Å². The van der Waals surface area contributed by atoms with Crippen molar-refractivity contribution in [2.45, 2.75) is 26.3 Å². The Hall–Kier alpha value is -1.06. The highest BCUT2D eigenvalue weighted by molar-refractivity contribution is 6.32. The molecule has 4 heteroatoms. The summed E-state index contributed by atoms with van der Waals surface area (Å²) in [7, 11) is 1.54. The zero-order valence-electron chi connectivity index (χ0n) is 9.93. The lowest BCUT2D eigenvalue weighted by Crippen LogP contribution is -2.41. The smallest absolute Gasteiger partial charge is 0.182 e. The van der Waals surface area contributed by atoms with Crippen LogP contribution in [0.15, 0.2) is 12.1 Å². The molecule has 0 bridgehead atoms. The van der Waals surface area contributed by atoms with Crippen LogP contribution in [0, 0.1) is 6.92 Å². The van der Waals surface area contributed by atoms with Crippen molar-refractivity contribution in [3.05, 3.63) is 28.3 Å². The van der Waals surface area contributed by atoms with Crippen LogP contribution in [-0.4, -0.2) is 18.4 Å². The first-order valence-corrected chi connectivity index (χ1v) is 5.33. The minimum absolute atomic E-state index is 0.130. The van der Waals surface area contributed by atoms with Gasteiger partial charge in [-0.05, 0) is 38.5 Å². The topological polar surface area (TPSA) is 52.3 Å². The lowest BCUT2D eigenvalue weighted by molar-refractivity contribution is 0.0913. The Morgan fingerprint density at radius 2 is 2.00 bits per heavy atom. The van der Waals surface area contributed by atoms with Crippen molar-refractivity contribution in [2.24, 2.45) is 5.73 Å². The molecule has 0 aromatic heterocycles. The predicted molar refractivity (Wildman–Crippen MR) is 65.3 cm³/mol. The molecular weight excluding hydrogens is 226 g/mol. The third kappa shape index (κ3) is 2.54. The molecule has 0 heterocycles. The minimum Gasteiger partial charge on any atom is -0.495 e. The van der Waals surface area contributed by atoms with Gasteiger partial charge >= 0.3 is 0 Å². The minimum atomic E-state index is -0.900. The van der Waals surface area contributed by atoms with Gasteiger partial charge in [-0.25, -0.2) is 0 Å². The van der Waals surface area contributed by atoms with Gasteiger partial charge in [-0.1, -0.05) is 11.6 Å². The van der Waals surface area contributed by atoms with Crippen LogP contribution in [0.2, 0.25) is 5.02 Å². The van der Waals surface area contributed by atoms with Gasteiger partial charge in [0.25, 0.3) is 0 Å². The highest BCUT2D eigenvalue weighted by atomic mass is 35.5. The highest BCUT2D eigenvalue weighted by Gasteiger charge is 2.25. The number of carbonyl (C=O) groups excluding carboxylic acids is 1. The van der Waals surface area contributed by atoms with E-state index < -0.39 is 5.54 Å². The van der Waals surface area contributed by atoms with E-state index in [0.29, 0.717) is 16.3 Å². The second-order valence-electron chi connectivity index (χ2n) is 4.35. The molecule has 3 nitrogen and oxygen atoms in total. The number of ketones is 1. The molecule has 0 fully saturated rings. The van der Waals surface area contributed by atoms with Crippen molar-refractivity contribution in [1.82, 2.24) is 0 Å². The van der Waals surface area contributed by atoms with Gasteiger partial charge in [-0.15, -0.1) is 0 Å². The van der Waals surface area contributed by atoms with Gasteiger partial charge < -0.3 is 10.5 Å². The van der Waals surface area contributed by atoms with Gasteiger partial charge in [-0.3, -0.25) is 4.79 Å². The summed E-state index contributed by atoms with van der Waals surface area (Å²) in [6, 6.07) is 3.34. The summed E-state index contributed by atoms with van der Waals surface area (Å²) < 4.78 is 5.07. The third-order valence-corrected chi connectivity index (χ3v) is 2.62. The van der Waals surface area contributed by atoms with E-state index in [0.717, 1.165) is 5.56 Å². The molecule has 1 aromatic rings. The van der Waals surface area contributed by atoms with Crippen LogP contribution >= 0.6 is 11.6 Å². The summed E-state index contributed by atoms with van der Waals surface area (Å²) in [6.45, 7) is 5.18. The van der Waals surface area contributed by atoms with E-state index in [1.54, 1.807) is 26.0 Å². The fourth-order valence-corrected chi connectivity index (χ4v) is 1.64. The number of nitrogens with two attached hydrogens (primary N) is 1. The van der Waals surface area contributed by atoms with Crippen LogP contribution in [0.25, 0.3) is 0 Å². The van der Waals surface area contributed by atoms with E-state index in [4.69, 9.17) is 22.1 Å². The van der Waals surface area contributed by atoms with E-state index in [2.05, 4.69) is 0 Å². The maximum Gasteiger partial charge on any atom is 0.182 e. The van der Waals surface area contributed by atoms with Gasteiger partial charge in [0.2, 0.25) is 0 Å². The van der Waals surface area contributed by atoms with E-state index in [-0.39, 0.29) is 5.78 Å². The molecule has 0 unspecified atom stereocenters. The first-order valence-electron chi connectivity index (χ1n) is 4.95. The number of hydrogen-bond acceptors (Lipinski definition) is 3. The average Bonchev–Trinajstić information content (AvgIpc) is 2.18. The van der Waals surface area contributed by atoms with Crippen LogP contribution < -0.4 is 10.5 Å². The molecular formula is C12H16ClNO2. The summed E-state index contributed by atoms with van der Waals surface area (Å²) in [4.78, 5) is 12.0. The number of benzene rings is 1. The van der Waals surface area contributed by atoms with E-state index in [1.165, 1.54) is 7.11 Å². The zero-order chi connectivity index (χ0) is 12.5. The van der Waals surface area contributed by atoms with E-state index in [1.807, 2.05) is 6.92 Å². The molecule has 0 aliphatic rings. The van der Waals surface area contributed by atoms with Crippen molar-refractivity contribution in [3.63, 3.8) is 0 Å². The SMILES string of the molecule is COc1cc(C)c(C(=O)C(C)(C)N)cc1Cl. The second kappa shape index (κ2) is 4.44. The Bertz CT molecular complexity index is 422. The number of halogens is 1. The van der Waals surface area contributed by atoms with Crippen molar-refractivity contribution in [1.29, 1.82) is 0 Å². The molecule has 0 saturated heterocycles. The first kappa shape index (κ1) is 13.0. The zero-order valence-corrected chi connectivity index (χ0v) is 10.7. The number of hydrogen-bond donors (Lipinski definition) is 1. The van der Waals surface area contributed by atoms with Crippen LogP contribution in [0.4, 0.5) is 0 Å². The fraction of sp³-hybridized carbons (Fsp3) is 0.417. The molecule has 16 heavy (non-hydrogen) atoms. The molecule has 0 radical (unpaired) electrons. The van der Waals surface area contributed by atoms with Crippen molar-refractivity contribution < 1.29 is 9.53 Å². The summed E-state index contributed by atoms with van der Waals surface area (Å²) in [6.07, 6.45) is 0. The Morgan fingerprint density at radius 3 is 2.44 bits per heavy atom. The lowest BCUT2D eigenvalue weighted by Gasteiger charge is -2.19. The monoisotopic (exact) mass is 241 g/mol. The van der Waals surface area contributed by atoms with Gasteiger partial charge in [0.15, 0.2) is 5.78 Å². The Labute approximate surface area is 101 Å². The van der Waals surface area contributed by atoms with E-state index in [9.17, 15) is 4.79 Å². The number of Topliss-reactive ketones (excluding diaryl/α,β-unsaturated/α-hetero) is 1. The van der Waals surface area contributed by atoms with E-state index >= 15 is 0 Å². The maximum absolute atomic E-state index is 12.0. The molecule has 1 rings (SSSR count). The average molecular weight is 242 g/mol. The molecule has 0 aliphatic heterocycles. The van der Waals surface area contributed by atoms with Crippen LogP contribution in [0.1, 0.15) is 29.8 Å². The number of ether oxygens (including phenoxy) is 1. The molecule has 0 saturated carbocycles. The highest BCUT2D eigenvalue weighted by Crippen LogP contribution is 2.29. The summed E-state index contributed by atoms with van der Waals surface area (Å²) >= 11 is 5.98. The molecule has 0 amide bonds. The molecule has 0 aliphatic carbocycles. The molecule has 2 N–H and O–H groups in total. The first-order chi connectivity index (χ1) is 7.27. The largest absolute Gasteiger partial charge is 0.495 e. The second-order valence-corrected chi connectivity index (χ2v) is 4.76. The standard InChI is InChI=1S/C12H16ClNO2/c1-7-5-10(16-4)9(13)6-8(7)11(15)12(2,3)14/h5-6H,14H2,1-4H3.